The minimum Gasteiger partial charge on any atom is -0.319 e. The van der Waals surface area contributed by atoms with Crippen LogP contribution in [0.5, 0.6) is 0 Å². The zero-order chi connectivity index (χ0) is 9.68. The van der Waals surface area contributed by atoms with Crippen LogP contribution in [0.15, 0.2) is 24.5 Å². The van der Waals surface area contributed by atoms with Gasteiger partial charge in [-0.25, -0.2) is 0 Å². The molecule has 0 bridgehead atoms. The standard InChI is InChI=1S/C9H15N3O/c1-8(7-10-2)9(13)11-12-5-3-4-6-12/h3-6,8,10H,7H2,1-2H3,(H,11,13). The van der Waals surface area contributed by atoms with Gasteiger partial charge in [-0.3, -0.25) is 14.9 Å². The van der Waals surface area contributed by atoms with Crippen LogP contribution >= 0.6 is 0 Å². The SMILES string of the molecule is CNCC(C)C(=O)Nn1cccc1. The van der Waals surface area contributed by atoms with Crippen LogP contribution in [0.3, 0.4) is 0 Å². The van der Waals surface area contributed by atoms with Gasteiger partial charge in [0.05, 0.1) is 0 Å². The van der Waals surface area contributed by atoms with Crippen molar-refractivity contribution >= 4 is 5.91 Å². The number of carbonyl (C=O) groups excluding carboxylic acids is 1. The molecule has 1 aromatic heterocycles. The van der Waals surface area contributed by atoms with Crippen molar-refractivity contribution in [2.75, 3.05) is 19.0 Å². The second-order valence-corrected chi connectivity index (χ2v) is 3.03. The van der Waals surface area contributed by atoms with E-state index in [1.165, 1.54) is 0 Å². The summed E-state index contributed by atoms with van der Waals surface area (Å²) in [6, 6.07) is 3.73. The smallest absolute Gasteiger partial charge is 0.242 e. The van der Waals surface area contributed by atoms with Crippen LogP contribution in [0.25, 0.3) is 0 Å². The molecule has 0 aliphatic heterocycles. The molecule has 1 rings (SSSR count). The van der Waals surface area contributed by atoms with Crippen molar-refractivity contribution in [1.82, 2.24) is 9.99 Å². The molecular formula is C9H15N3O. The summed E-state index contributed by atoms with van der Waals surface area (Å²) in [5.74, 6) is -0.00190. The minimum atomic E-state index is -0.0209. The van der Waals surface area contributed by atoms with Gasteiger partial charge in [0.2, 0.25) is 5.91 Å². The molecule has 4 heteroatoms. The quantitative estimate of drug-likeness (QED) is 0.707. The molecule has 2 N–H and O–H groups in total. The van der Waals surface area contributed by atoms with Crippen LogP contribution in [-0.4, -0.2) is 24.2 Å². The molecule has 0 aromatic carbocycles. The largest absolute Gasteiger partial charge is 0.319 e. The molecule has 0 saturated carbocycles. The van der Waals surface area contributed by atoms with E-state index in [1.54, 1.807) is 17.1 Å². The van der Waals surface area contributed by atoms with E-state index in [2.05, 4.69) is 10.7 Å². The molecular weight excluding hydrogens is 166 g/mol. The van der Waals surface area contributed by atoms with Gasteiger partial charge >= 0.3 is 0 Å². The van der Waals surface area contributed by atoms with Crippen molar-refractivity contribution in [2.24, 2.45) is 5.92 Å². The maximum absolute atomic E-state index is 11.4. The van der Waals surface area contributed by atoms with Gasteiger partial charge < -0.3 is 5.32 Å². The fraction of sp³-hybridized carbons (Fsp3) is 0.444. The molecule has 0 fully saturated rings. The van der Waals surface area contributed by atoms with E-state index in [-0.39, 0.29) is 11.8 Å². The summed E-state index contributed by atoms with van der Waals surface area (Å²) >= 11 is 0. The number of amides is 1. The maximum atomic E-state index is 11.4. The Bertz CT molecular complexity index is 256. The Morgan fingerprint density at radius 2 is 2.08 bits per heavy atom. The normalized spacial score (nSPS) is 12.5. The Morgan fingerprint density at radius 3 is 2.62 bits per heavy atom. The number of hydrogen-bond acceptors (Lipinski definition) is 2. The zero-order valence-electron chi connectivity index (χ0n) is 7.95. The molecule has 1 heterocycles. The van der Waals surface area contributed by atoms with Crippen LogP contribution < -0.4 is 10.7 Å². The van der Waals surface area contributed by atoms with E-state index >= 15 is 0 Å². The average Bonchev–Trinajstić information content (AvgIpc) is 2.57. The van der Waals surface area contributed by atoms with Gasteiger partial charge in [0.1, 0.15) is 0 Å². The predicted octanol–water partition coefficient (Wildman–Crippen LogP) is 0.414. The number of aromatic nitrogens is 1. The fourth-order valence-electron chi connectivity index (χ4n) is 1.05. The number of rotatable bonds is 4. The van der Waals surface area contributed by atoms with Crippen molar-refractivity contribution in [3.63, 3.8) is 0 Å². The molecule has 0 spiro atoms. The van der Waals surface area contributed by atoms with Gasteiger partial charge in [-0.15, -0.1) is 0 Å². The molecule has 0 aliphatic carbocycles. The van der Waals surface area contributed by atoms with Gasteiger partial charge in [0, 0.05) is 24.9 Å². The maximum Gasteiger partial charge on any atom is 0.242 e. The molecule has 4 nitrogen and oxygen atoms in total. The summed E-state index contributed by atoms with van der Waals surface area (Å²) in [4.78, 5) is 11.4. The molecule has 0 radical (unpaired) electrons. The van der Waals surface area contributed by atoms with Crippen molar-refractivity contribution in [3.05, 3.63) is 24.5 Å². The lowest BCUT2D eigenvalue weighted by Gasteiger charge is -2.11. The van der Waals surface area contributed by atoms with E-state index < -0.39 is 0 Å². The van der Waals surface area contributed by atoms with Crippen LogP contribution in [0.2, 0.25) is 0 Å². The minimum absolute atomic E-state index is 0.0190. The van der Waals surface area contributed by atoms with Crippen molar-refractivity contribution in [1.29, 1.82) is 0 Å². The Labute approximate surface area is 77.9 Å². The summed E-state index contributed by atoms with van der Waals surface area (Å²) in [7, 11) is 1.83. The molecule has 1 atom stereocenters. The van der Waals surface area contributed by atoms with Crippen LogP contribution in [0, 0.1) is 5.92 Å². The summed E-state index contributed by atoms with van der Waals surface area (Å²) in [6.45, 7) is 2.57. The van der Waals surface area contributed by atoms with E-state index in [1.807, 2.05) is 26.1 Å². The van der Waals surface area contributed by atoms with Crippen LogP contribution in [0.1, 0.15) is 6.92 Å². The first-order valence-corrected chi connectivity index (χ1v) is 4.32. The molecule has 0 aliphatic rings. The third-order valence-corrected chi connectivity index (χ3v) is 1.80. The highest BCUT2D eigenvalue weighted by Gasteiger charge is 2.10. The first-order chi connectivity index (χ1) is 6.24. The molecule has 1 unspecified atom stereocenters. The van der Waals surface area contributed by atoms with Gasteiger partial charge in [-0.05, 0) is 19.2 Å². The van der Waals surface area contributed by atoms with E-state index in [0.29, 0.717) is 6.54 Å². The van der Waals surface area contributed by atoms with Crippen LogP contribution in [-0.2, 0) is 4.79 Å². The number of nitrogens with zero attached hydrogens (tertiary/aromatic N) is 1. The zero-order valence-corrected chi connectivity index (χ0v) is 7.95. The lowest BCUT2D eigenvalue weighted by molar-refractivity contribution is -0.120. The summed E-state index contributed by atoms with van der Waals surface area (Å²) in [5.41, 5.74) is 2.74. The van der Waals surface area contributed by atoms with Gasteiger partial charge in [-0.2, -0.15) is 0 Å². The Kier molecular flexibility index (Phi) is 3.52. The predicted molar refractivity (Wildman–Crippen MR) is 51.9 cm³/mol. The lowest BCUT2D eigenvalue weighted by Crippen LogP contribution is -2.32. The molecule has 13 heavy (non-hydrogen) atoms. The fourth-order valence-corrected chi connectivity index (χ4v) is 1.05. The molecule has 0 saturated heterocycles. The second kappa shape index (κ2) is 4.67. The van der Waals surface area contributed by atoms with Crippen LogP contribution in [0.4, 0.5) is 0 Å². The molecule has 1 aromatic rings. The average molecular weight is 181 g/mol. The monoisotopic (exact) mass is 181 g/mol. The highest BCUT2D eigenvalue weighted by molar-refractivity contribution is 5.85. The van der Waals surface area contributed by atoms with Gasteiger partial charge in [0.15, 0.2) is 0 Å². The number of nitrogens with one attached hydrogen (secondary N) is 2. The summed E-state index contributed by atoms with van der Waals surface area (Å²) < 4.78 is 1.65. The summed E-state index contributed by atoms with van der Waals surface area (Å²) in [5, 5.41) is 2.96. The second-order valence-electron chi connectivity index (χ2n) is 3.03. The molecule has 72 valence electrons. The van der Waals surface area contributed by atoms with E-state index in [0.717, 1.165) is 0 Å². The first kappa shape index (κ1) is 9.80. The van der Waals surface area contributed by atoms with Gasteiger partial charge in [-0.1, -0.05) is 6.92 Å². The van der Waals surface area contributed by atoms with E-state index in [4.69, 9.17) is 0 Å². The highest BCUT2D eigenvalue weighted by Crippen LogP contribution is 1.94. The third-order valence-electron chi connectivity index (χ3n) is 1.80. The highest BCUT2D eigenvalue weighted by atomic mass is 16.2. The van der Waals surface area contributed by atoms with Gasteiger partial charge in [0.25, 0.3) is 0 Å². The Morgan fingerprint density at radius 1 is 1.46 bits per heavy atom. The van der Waals surface area contributed by atoms with Crippen molar-refractivity contribution in [3.8, 4) is 0 Å². The molecule has 1 amide bonds. The topological polar surface area (TPSA) is 46.1 Å². The van der Waals surface area contributed by atoms with Crippen molar-refractivity contribution in [2.45, 2.75) is 6.92 Å². The number of carbonyl (C=O) groups is 1. The number of hydrogen-bond donors (Lipinski definition) is 2. The Hall–Kier alpha value is -1.29. The lowest BCUT2D eigenvalue weighted by atomic mass is 10.2. The first-order valence-electron chi connectivity index (χ1n) is 4.32. The third kappa shape index (κ3) is 2.91. The summed E-state index contributed by atoms with van der Waals surface area (Å²) in [6.07, 6.45) is 3.59. The van der Waals surface area contributed by atoms with E-state index in [9.17, 15) is 4.79 Å². The Balaban J connectivity index is 2.41. The van der Waals surface area contributed by atoms with Crippen molar-refractivity contribution < 1.29 is 4.79 Å².